The van der Waals surface area contributed by atoms with Crippen LogP contribution in [0.1, 0.15) is 27.7 Å². The van der Waals surface area contributed by atoms with Crippen LogP contribution >= 0.6 is 0 Å². The summed E-state index contributed by atoms with van der Waals surface area (Å²) in [6.07, 6.45) is 3.52. The van der Waals surface area contributed by atoms with Crippen LogP contribution in [0.25, 0.3) is 0 Å². The zero-order valence-electron chi connectivity index (χ0n) is 13.7. The van der Waals surface area contributed by atoms with Crippen LogP contribution in [-0.4, -0.2) is 12.4 Å². The van der Waals surface area contributed by atoms with E-state index in [0.717, 1.165) is 0 Å². The molecule has 0 aromatic rings. The zero-order valence-corrected chi connectivity index (χ0v) is 13.7. The van der Waals surface area contributed by atoms with Crippen molar-refractivity contribution in [1.29, 1.82) is 15.8 Å². The monoisotopic (exact) mass is 312 g/mol. The second kappa shape index (κ2) is 6.55. The Bertz CT molecular complexity index is 658. The first kappa shape index (κ1) is 18.3. The van der Waals surface area contributed by atoms with Crippen LogP contribution in [0, 0.1) is 56.7 Å². The number of carbonyl (C=O) groups excluding carboxylic acids is 1. The highest BCUT2D eigenvalue weighted by molar-refractivity contribution is 5.79. The summed E-state index contributed by atoms with van der Waals surface area (Å²) in [5.41, 5.74) is 2.87. The fraction of sp³-hybridized carbons (Fsp3) is 0.529. The van der Waals surface area contributed by atoms with Crippen molar-refractivity contribution in [3.05, 3.63) is 23.6 Å². The van der Waals surface area contributed by atoms with E-state index in [1.807, 2.05) is 26.0 Å². The predicted molar refractivity (Wildman–Crippen MR) is 82.7 cm³/mol. The zero-order chi connectivity index (χ0) is 17.8. The summed E-state index contributed by atoms with van der Waals surface area (Å²) in [5, 5.41) is 29.2. The maximum absolute atomic E-state index is 11.4. The Morgan fingerprint density at radius 1 is 1.22 bits per heavy atom. The molecule has 0 fully saturated rings. The highest BCUT2D eigenvalue weighted by atomic mass is 16.5. The van der Waals surface area contributed by atoms with Gasteiger partial charge in [0.05, 0.1) is 30.6 Å². The Labute approximate surface area is 136 Å². The molecule has 6 heteroatoms. The molecular formula is C17H20N4O2. The molecule has 0 unspecified atom stereocenters. The molecule has 2 N–H and O–H groups in total. The van der Waals surface area contributed by atoms with Gasteiger partial charge in [0.2, 0.25) is 0 Å². The van der Waals surface area contributed by atoms with Crippen molar-refractivity contribution >= 4 is 6.29 Å². The van der Waals surface area contributed by atoms with E-state index in [9.17, 15) is 20.6 Å². The molecule has 1 aliphatic carbocycles. The van der Waals surface area contributed by atoms with E-state index in [1.165, 1.54) is 6.26 Å². The van der Waals surface area contributed by atoms with Gasteiger partial charge in [-0.3, -0.25) is 4.79 Å². The molecule has 0 saturated heterocycles. The minimum atomic E-state index is -1.73. The summed E-state index contributed by atoms with van der Waals surface area (Å²) in [7, 11) is 0. The van der Waals surface area contributed by atoms with Gasteiger partial charge in [-0.25, -0.2) is 0 Å². The summed E-state index contributed by atoms with van der Waals surface area (Å²) in [4.78, 5) is 11.4. The number of nitriles is 3. The minimum absolute atomic E-state index is 0.00713. The van der Waals surface area contributed by atoms with Crippen molar-refractivity contribution in [2.24, 2.45) is 28.4 Å². The van der Waals surface area contributed by atoms with E-state index in [1.54, 1.807) is 19.9 Å². The molecule has 3 atom stereocenters. The summed E-state index contributed by atoms with van der Waals surface area (Å²) in [6.45, 7) is 6.95. The molecule has 0 saturated carbocycles. The van der Waals surface area contributed by atoms with Crippen molar-refractivity contribution in [2.75, 3.05) is 0 Å². The number of hydrogen-bond donors (Lipinski definition) is 1. The van der Waals surface area contributed by atoms with Gasteiger partial charge in [0.25, 0.3) is 0 Å². The third-order valence-electron chi connectivity index (χ3n) is 4.53. The number of allylic oxidation sites excluding steroid dienone is 3. The fourth-order valence-corrected chi connectivity index (χ4v) is 3.13. The van der Waals surface area contributed by atoms with Gasteiger partial charge < -0.3 is 10.5 Å². The van der Waals surface area contributed by atoms with Crippen LogP contribution in [-0.2, 0) is 9.53 Å². The lowest BCUT2D eigenvalue weighted by molar-refractivity contribution is -0.105. The van der Waals surface area contributed by atoms with Gasteiger partial charge in [-0.2, -0.15) is 15.8 Å². The summed E-state index contributed by atoms with van der Waals surface area (Å²) < 4.78 is 5.33. The van der Waals surface area contributed by atoms with Crippen LogP contribution in [0.2, 0.25) is 0 Å². The van der Waals surface area contributed by atoms with Gasteiger partial charge in [0.15, 0.2) is 5.41 Å². The van der Waals surface area contributed by atoms with E-state index in [-0.39, 0.29) is 17.4 Å². The number of hydrogen-bond acceptors (Lipinski definition) is 6. The second-order valence-corrected chi connectivity index (χ2v) is 5.96. The molecule has 0 bridgehead atoms. The molecule has 23 heavy (non-hydrogen) atoms. The number of aldehydes is 1. The van der Waals surface area contributed by atoms with E-state index in [0.29, 0.717) is 6.29 Å². The molecule has 0 spiro atoms. The van der Waals surface area contributed by atoms with Crippen molar-refractivity contribution in [3.63, 3.8) is 0 Å². The van der Waals surface area contributed by atoms with Crippen LogP contribution in [0.5, 0.6) is 0 Å². The summed E-state index contributed by atoms with van der Waals surface area (Å²) in [6, 6.07) is 5.97. The normalized spacial score (nSPS) is 27.3. The first-order valence-electron chi connectivity index (χ1n) is 7.30. The molecule has 1 rings (SSSR count). The minimum Gasteiger partial charge on any atom is -0.499 e. The topological polar surface area (TPSA) is 124 Å². The van der Waals surface area contributed by atoms with Crippen LogP contribution in [0.4, 0.5) is 0 Å². The largest absolute Gasteiger partial charge is 0.499 e. The Hall–Kier alpha value is -2.78. The SMILES string of the molecule is CC(C)O/C=C/[C@@H](C)[C@]1(C#N)C(N)=C(C=O)[C@H](C)C1(C#N)C#N. The standard InChI is InChI=1S/C17H20N4O2/c1-11(2)23-6-5-12(3)17(10-20)15(21)14(7-22)13(4)16(17,8-18)9-19/h5-7,11-13H,21H2,1-4H3/b6-5+/t12-,13+,17-/m1/s1. The Kier molecular flexibility index (Phi) is 5.20. The molecule has 0 heterocycles. The quantitative estimate of drug-likeness (QED) is 0.612. The van der Waals surface area contributed by atoms with Crippen molar-refractivity contribution in [3.8, 4) is 18.2 Å². The van der Waals surface area contributed by atoms with E-state index in [4.69, 9.17) is 10.5 Å². The molecule has 0 aliphatic heterocycles. The maximum atomic E-state index is 11.4. The van der Waals surface area contributed by atoms with Crippen LogP contribution in [0.15, 0.2) is 23.6 Å². The second-order valence-electron chi connectivity index (χ2n) is 5.96. The fourth-order valence-electron chi connectivity index (χ4n) is 3.13. The number of rotatable bonds is 5. The molecule has 0 amide bonds. The average Bonchev–Trinajstić information content (AvgIpc) is 2.70. The highest BCUT2D eigenvalue weighted by Crippen LogP contribution is 2.60. The Morgan fingerprint density at radius 2 is 1.78 bits per heavy atom. The number of carbonyl (C=O) groups is 1. The van der Waals surface area contributed by atoms with Crippen LogP contribution < -0.4 is 5.73 Å². The smallest absolute Gasteiger partial charge is 0.175 e. The maximum Gasteiger partial charge on any atom is 0.175 e. The molecule has 0 aromatic heterocycles. The number of nitrogens with two attached hydrogens (primary N) is 1. The van der Waals surface area contributed by atoms with Gasteiger partial charge >= 0.3 is 0 Å². The van der Waals surface area contributed by atoms with Crippen LogP contribution in [0.3, 0.4) is 0 Å². The lowest BCUT2D eigenvalue weighted by atomic mass is 9.58. The number of nitrogens with zero attached hydrogens (tertiary/aromatic N) is 3. The van der Waals surface area contributed by atoms with E-state index < -0.39 is 22.7 Å². The third kappa shape index (κ3) is 2.35. The first-order chi connectivity index (χ1) is 10.8. The average molecular weight is 312 g/mol. The van der Waals surface area contributed by atoms with E-state index in [2.05, 4.69) is 6.07 Å². The van der Waals surface area contributed by atoms with Gasteiger partial charge in [0, 0.05) is 23.1 Å². The molecule has 120 valence electrons. The lowest BCUT2D eigenvalue weighted by Gasteiger charge is -2.37. The van der Waals surface area contributed by atoms with Gasteiger partial charge in [-0.05, 0) is 19.9 Å². The summed E-state index contributed by atoms with van der Waals surface area (Å²) >= 11 is 0. The van der Waals surface area contributed by atoms with Crippen molar-refractivity contribution < 1.29 is 9.53 Å². The Balaban J connectivity index is 3.57. The van der Waals surface area contributed by atoms with Gasteiger partial charge in [0.1, 0.15) is 11.7 Å². The predicted octanol–water partition coefficient (Wildman–Crippen LogP) is 2.17. The molecule has 0 aromatic carbocycles. The highest BCUT2D eigenvalue weighted by Gasteiger charge is 2.66. The van der Waals surface area contributed by atoms with Gasteiger partial charge in [-0.1, -0.05) is 13.8 Å². The molecule has 1 aliphatic rings. The molecule has 0 radical (unpaired) electrons. The molecule has 6 nitrogen and oxygen atoms in total. The van der Waals surface area contributed by atoms with Gasteiger partial charge in [-0.15, -0.1) is 0 Å². The molecular weight excluding hydrogens is 292 g/mol. The lowest BCUT2D eigenvalue weighted by Crippen LogP contribution is -2.46. The summed E-state index contributed by atoms with van der Waals surface area (Å²) in [5.74, 6) is -1.35. The van der Waals surface area contributed by atoms with Crippen molar-refractivity contribution in [1.82, 2.24) is 0 Å². The third-order valence-corrected chi connectivity index (χ3v) is 4.53. The Morgan fingerprint density at radius 3 is 2.17 bits per heavy atom. The van der Waals surface area contributed by atoms with Crippen molar-refractivity contribution in [2.45, 2.75) is 33.8 Å². The number of ether oxygens (including phenoxy) is 1. The van der Waals surface area contributed by atoms with E-state index >= 15 is 0 Å². The first-order valence-corrected chi connectivity index (χ1v) is 7.30.